The average Bonchev–Trinajstić information content (AvgIpc) is 3.20. The third-order valence-corrected chi connectivity index (χ3v) is 9.62. The fourth-order valence-electron chi connectivity index (χ4n) is 7.49. The summed E-state index contributed by atoms with van der Waals surface area (Å²) in [7, 11) is 0. The number of fused-ring (bicyclic) bond motifs is 3. The van der Waals surface area contributed by atoms with Crippen LogP contribution < -0.4 is 0 Å². The first kappa shape index (κ1) is 28.6. The lowest BCUT2D eigenvalue weighted by Crippen LogP contribution is -2.51. The van der Waals surface area contributed by atoms with Gasteiger partial charge in [-0.2, -0.15) is 13.2 Å². The van der Waals surface area contributed by atoms with Gasteiger partial charge < -0.3 is 10.0 Å². The number of rotatable bonds is 5. The summed E-state index contributed by atoms with van der Waals surface area (Å²) in [6, 6.07) is 9.85. The number of benzene rings is 2. The zero-order chi connectivity index (χ0) is 29.0. The van der Waals surface area contributed by atoms with Gasteiger partial charge in [0.05, 0.1) is 5.92 Å². The molecule has 216 valence electrons. The Kier molecular flexibility index (Phi) is 7.24. The van der Waals surface area contributed by atoms with Gasteiger partial charge >= 0.3 is 12.1 Å². The van der Waals surface area contributed by atoms with Crippen LogP contribution in [-0.4, -0.2) is 40.1 Å². The molecule has 9 heteroatoms. The summed E-state index contributed by atoms with van der Waals surface area (Å²) >= 11 is 0. The normalized spacial score (nSPS) is 29.8. The Morgan fingerprint density at radius 1 is 0.975 bits per heavy atom. The summed E-state index contributed by atoms with van der Waals surface area (Å²) in [6.07, 6.45) is -1.23. The van der Waals surface area contributed by atoms with Gasteiger partial charge in [-0.25, -0.2) is 8.78 Å². The Labute approximate surface area is 230 Å². The number of hydrogen-bond acceptors (Lipinski definition) is 2. The first-order valence-electron chi connectivity index (χ1n) is 13.9. The van der Waals surface area contributed by atoms with Gasteiger partial charge in [0, 0.05) is 23.4 Å². The van der Waals surface area contributed by atoms with Gasteiger partial charge in [-0.3, -0.25) is 9.59 Å². The molecule has 1 saturated heterocycles. The number of aliphatic carboxylic acids is 1. The van der Waals surface area contributed by atoms with Gasteiger partial charge in [0.1, 0.15) is 5.82 Å². The second kappa shape index (κ2) is 10.1. The number of carbonyl (C=O) groups excluding carboxylic acids is 1. The monoisotopic (exact) mass is 563 g/mol. The lowest BCUT2D eigenvalue weighted by atomic mass is 9.63. The number of alkyl halides is 4. The van der Waals surface area contributed by atoms with Crippen molar-refractivity contribution in [3.8, 4) is 0 Å². The number of hydrogen-bond donors (Lipinski definition) is 1. The number of likely N-dealkylation sites (tertiary alicyclic amines) is 1. The molecule has 0 aromatic heterocycles. The van der Waals surface area contributed by atoms with Gasteiger partial charge in [-0.15, -0.1) is 0 Å². The third-order valence-electron chi connectivity index (χ3n) is 9.62. The molecule has 2 aromatic carbocycles. The zero-order valence-electron chi connectivity index (χ0n) is 22.6. The molecular formula is C31H34F5NO3. The van der Waals surface area contributed by atoms with Crippen molar-refractivity contribution in [3.63, 3.8) is 0 Å². The van der Waals surface area contributed by atoms with Crippen LogP contribution >= 0.6 is 0 Å². The number of carboxylic acid groups (broad SMARTS) is 1. The molecule has 1 N–H and O–H groups in total. The van der Waals surface area contributed by atoms with Crippen LogP contribution in [0.5, 0.6) is 0 Å². The van der Waals surface area contributed by atoms with E-state index in [0.29, 0.717) is 63.9 Å². The number of nitrogens with zero attached hydrogens (tertiary/aromatic N) is 1. The van der Waals surface area contributed by atoms with Crippen LogP contribution in [0.4, 0.5) is 22.0 Å². The van der Waals surface area contributed by atoms with Crippen molar-refractivity contribution in [1.29, 1.82) is 0 Å². The van der Waals surface area contributed by atoms with E-state index in [2.05, 4.69) is 0 Å². The average molecular weight is 564 g/mol. The highest BCUT2D eigenvalue weighted by Gasteiger charge is 2.57. The maximum Gasteiger partial charge on any atom is 0.426 e. The molecule has 1 heterocycles. The number of carbonyl (C=O) groups is 2. The minimum absolute atomic E-state index is 0.00389. The number of aryl methyl sites for hydroxylation is 1. The van der Waals surface area contributed by atoms with Crippen LogP contribution in [0.15, 0.2) is 42.5 Å². The molecule has 1 saturated carbocycles. The van der Waals surface area contributed by atoms with Crippen molar-refractivity contribution in [1.82, 2.24) is 4.90 Å². The summed E-state index contributed by atoms with van der Waals surface area (Å²) in [4.78, 5) is 27.3. The molecule has 2 fully saturated rings. The lowest BCUT2D eigenvalue weighted by molar-refractivity contribution is -0.228. The van der Waals surface area contributed by atoms with Crippen LogP contribution in [0.25, 0.3) is 0 Å². The molecule has 0 radical (unpaired) electrons. The fourth-order valence-corrected chi connectivity index (χ4v) is 7.49. The molecular weight excluding hydrogens is 529 g/mol. The molecule has 2 aliphatic carbocycles. The van der Waals surface area contributed by atoms with Crippen molar-refractivity contribution < 1.29 is 36.6 Å². The molecule has 0 bridgehead atoms. The van der Waals surface area contributed by atoms with Crippen molar-refractivity contribution in [2.75, 3.05) is 0 Å². The van der Waals surface area contributed by atoms with E-state index in [-0.39, 0.29) is 29.7 Å². The summed E-state index contributed by atoms with van der Waals surface area (Å²) < 4.78 is 69.2. The van der Waals surface area contributed by atoms with Crippen LogP contribution in [-0.2, 0) is 33.5 Å². The highest BCUT2D eigenvalue weighted by molar-refractivity contribution is 5.81. The largest absolute Gasteiger partial charge is 0.481 e. The van der Waals surface area contributed by atoms with Gasteiger partial charge in [0.2, 0.25) is 11.6 Å². The van der Waals surface area contributed by atoms with Gasteiger partial charge in [-0.05, 0) is 99.6 Å². The molecule has 1 amide bonds. The van der Waals surface area contributed by atoms with E-state index < -0.39 is 34.7 Å². The van der Waals surface area contributed by atoms with E-state index in [9.17, 15) is 36.6 Å². The number of carboxylic acids is 1. The van der Waals surface area contributed by atoms with E-state index in [1.54, 1.807) is 18.2 Å². The van der Waals surface area contributed by atoms with E-state index in [4.69, 9.17) is 0 Å². The minimum Gasteiger partial charge on any atom is -0.481 e. The maximum atomic E-state index is 14.9. The highest BCUT2D eigenvalue weighted by Crippen LogP contribution is 2.53. The Bertz CT molecular complexity index is 1280. The molecule has 3 aliphatic rings. The SMILES string of the molecule is C[C@H]1CC2(Cc3ccc(F)cc3)c3ccc(C(C)(F)C(F)(F)F)cc3CCC2N1C(=O)C1CCC(C(=O)O)CC1. The Hall–Kier alpha value is -2.97. The lowest BCUT2D eigenvalue weighted by Gasteiger charge is -2.45. The highest BCUT2D eigenvalue weighted by atomic mass is 19.4. The summed E-state index contributed by atoms with van der Waals surface area (Å²) in [6.45, 7) is 2.51. The Morgan fingerprint density at radius 2 is 1.60 bits per heavy atom. The van der Waals surface area contributed by atoms with Gasteiger partial charge in [0.15, 0.2) is 0 Å². The molecule has 40 heavy (non-hydrogen) atoms. The number of amides is 1. The zero-order valence-corrected chi connectivity index (χ0v) is 22.6. The van der Waals surface area contributed by atoms with Crippen molar-refractivity contribution in [2.45, 2.75) is 94.6 Å². The van der Waals surface area contributed by atoms with E-state index in [1.165, 1.54) is 24.3 Å². The predicted molar refractivity (Wildman–Crippen MR) is 139 cm³/mol. The van der Waals surface area contributed by atoms with Gasteiger partial charge in [0.25, 0.3) is 0 Å². The topological polar surface area (TPSA) is 57.6 Å². The summed E-state index contributed by atoms with van der Waals surface area (Å²) in [5.74, 6) is -1.93. The predicted octanol–water partition coefficient (Wildman–Crippen LogP) is 6.88. The van der Waals surface area contributed by atoms with Crippen molar-refractivity contribution in [3.05, 3.63) is 70.5 Å². The smallest absolute Gasteiger partial charge is 0.426 e. The Balaban J connectivity index is 1.53. The Morgan fingerprint density at radius 3 is 2.20 bits per heavy atom. The fraction of sp³-hybridized carbons (Fsp3) is 0.548. The molecule has 0 spiro atoms. The first-order chi connectivity index (χ1) is 18.7. The second-order valence-electron chi connectivity index (χ2n) is 12.1. The molecule has 1 aliphatic heterocycles. The van der Waals surface area contributed by atoms with E-state index in [1.807, 2.05) is 11.8 Å². The molecule has 5 rings (SSSR count). The molecule has 3 unspecified atom stereocenters. The minimum atomic E-state index is -5.06. The quantitative estimate of drug-likeness (QED) is 0.404. The van der Waals surface area contributed by atoms with E-state index >= 15 is 0 Å². The molecule has 4 atom stereocenters. The summed E-state index contributed by atoms with van der Waals surface area (Å²) in [5, 5.41) is 9.36. The summed E-state index contributed by atoms with van der Waals surface area (Å²) in [5.41, 5.74) is -2.27. The van der Waals surface area contributed by atoms with Crippen LogP contribution in [0.2, 0.25) is 0 Å². The standard InChI is InChI=1S/C31H34F5NO3/c1-18-16-30(17-19-3-11-24(32)12-4-19)25-13-10-23(29(2,33)31(34,35)36)15-22(25)9-14-26(30)37(18)27(38)20-5-7-21(8-6-20)28(39)40/h3-4,10-13,15,18,20-21,26H,5-9,14,16-17H2,1-2H3,(H,39,40)/t18-,20?,21?,26?,29?,30?/m0/s1. The van der Waals surface area contributed by atoms with Gasteiger partial charge in [-0.1, -0.05) is 30.3 Å². The maximum absolute atomic E-state index is 14.9. The van der Waals surface area contributed by atoms with Crippen molar-refractivity contribution >= 4 is 11.9 Å². The van der Waals surface area contributed by atoms with E-state index in [0.717, 1.165) is 11.1 Å². The molecule has 2 aromatic rings. The molecule has 4 nitrogen and oxygen atoms in total. The number of halogens is 5. The van der Waals surface area contributed by atoms with Crippen molar-refractivity contribution in [2.24, 2.45) is 11.8 Å². The first-order valence-corrected chi connectivity index (χ1v) is 13.9. The third kappa shape index (κ3) is 4.79. The van der Waals surface area contributed by atoms with Crippen LogP contribution in [0, 0.1) is 17.7 Å². The second-order valence-corrected chi connectivity index (χ2v) is 12.1. The van der Waals surface area contributed by atoms with Crippen LogP contribution in [0.3, 0.4) is 0 Å². The van der Waals surface area contributed by atoms with Crippen LogP contribution in [0.1, 0.15) is 74.6 Å².